The summed E-state index contributed by atoms with van der Waals surface area (Å²) in [6.45, 7) is 14.2. The molecule has 0 aliphatic rings. The lowest BCUT2D eigenvalue weighted by Crippen LogP contribution is -2.38. The molecule has 120 valence electrons. The Morgan fingerprint density at radius 3 is 2.19 bits per heavy atom. The maximum Gasteiger partial charge on any atom is 0.233 e. The average Bonchev–Trinajstić information content (AvgIpc) is 2.82. The van der Waals surface area contributed by atoms with Crippen molar-refractivity contribution in [1.29, 1.82) is 0 Å². The molecule has 0 radical (unpaired) electrons. The second kappa shape index (κ2) is 8.36. The minimum atomic E-state index is 0.153. The molecule has 0 aliphatic heterocycles. The summed E-state index contributed by atoms with van der Waals surface area (Å²) in [5.41, 5.74) is 0. The fourth-order valence-corrected chi connectivity index (χ4v) is 2.89. The molecule has 6 nitrogen and oxygen atoms in total. The van der Waals surface area contributed by atoms with Crippen LogP contribution in [0.1, 0.15) is 47.6 Å². The smallest absolute Gasteiger partial charge is 0.233 e. The van der Waals surface area contributed by atoms with Crippen LogP contribution in [0.2, 0.25) is 0 Å². The normalized spacial score (nSPS) is 11.7. The molecular formula is C14H27N5OS. The van der Waals surface area contributed by atoms with Crippen molar-refractivity contribution in [3.8, 4) is 0 Å². The third-order valence-electron chi connectivity index (χ3n) is 2.80. The number of hydrogen-bond acceptors (Lipinski definition) is 5. The Morgan fingerprint density at radius 1 is 1.14 bits per heavy atom. The Kier molecular flexibility index (Phi) is 7.14. The van der Waals surface area contributed by atoms with Crippen LogP contribution in [0, 0.1) is 11.8 Å². The molecular weight excluding hydrogens is 286 g/mol. The zero-order chi connectivity index (χ0) is 16.0. The van der Waals surface area contributed by atoms with E-state index >= 15 is 0 Å². The minimum absolute atomic E-state index is 0.153. The number of nitrogens with zero attached hydrogens (tertiary/aromatic N) is 5. The van der Waals surface area contributed by atoms with Crippen LogP contribution in [-0.4, -0.2) is 49.9 Å². The molecule has 0 aliphatic carbocycles. The van der Waals surface area contributed by atoms with E-state index in [9.17, 15) is 4.79 Å². The van der Waals surface area contributed by atoms with Crippen molar-refractivity contribution in [3.63, 3.8) is 0 Å². The number of aromatic nitrogens is 4. The Balaban J connectivity index is 2.62. The van der Waals surface area contributed by atoms with Crippen molar-refractivity contribution in [2.45, 2.75) is 52.7 Å². The van der Waals surface area contributed by atoms with Gasteiger partial charge >= 0.3 is 0 Å². The van der Waals surface area contributed by atoms with Crippen LogP contribution in [0.4, 0.5) is 0 Å². The molecule has 0 fully saturated rings. The number of carbonyl (C=O) groups is 1. The van der Waals surface area contributed by atoms with Crippen molar-refractivity contribution in [2.24, 2.45) is 11.8 Å². The van der Waals surface area contributed by atoms with Crippen molar-refractivity contribution >= 4 is 17.7 Å². The molecule has 0 aromatic carbocycles. The molecule has 0 bridgehead atoms. The Hall–Kier alpha value is -1.11. The number of thioether (sulfide) groups is 1. The van der Waals surface area contributed by atoms with Gasteiger partial charge in [-0.25, -0.2) is 4.68 Å². The molecule has 21 heavy (non-hydrogen) atoms. The Morgan fingerprint density at radius 2 is 1.71 bits per heavy atom. The van der Waals surface area contributed by atoms with Gasteiger partial charge in [0.2, 0.25) is 11.1 Å². The summed E-state index contributed by atoms with van der Waals surface area (Å²) in [6, 6.07) is 0.194. The highest BCUT2D eigenvalue weighted by atomic mass is 32.2. The minimum Gasteiger partial charge on any atom is -0.341 e. The van der Waals surface area contributed by atoms with Gasteiger partial charge in [-0.05, 0) is 36.1 Å². The summed E-state index contributed by atoms with van der Waals surface area (Å²) >= 11 is 1.41. The molecule has 0 saturated heterocycles. The molecule has 0 N–H and O–H groups in total. The summed E-state index contributed by atoms with van der Waals surface area (Å²) in [5.74, 6) is 1.48. The first kappa shape index (κ1) is 17.9. The summed E-state index contributed by atoms with van der Waals surface area (Å²) < 4.78 is 1.74. The SMILES string of the molecule is CC(C)CN(CC(C)C)C(=O)CSc1nnnn1C(C)C. The van der Waals surface area contributed by atoms with Gasteiger partial charge in [-0.3, -0.25) is 4.79 Å². The van der Waals surface area contributed by atoms with E-state index < -0.39 is 0 Å². The zero-order valence-electron chi connectivity index (χ0n) is 13.9. The summed E-state index contributed by atoms with van der Waals surface area (Å²) in [5, 5.41) is 12.3. The second-order valence-corrected chi connectivity index (χ2v) is 7.32. The fraction of sp³-hybridized carbons (Fsp3) is 0.857. The first-order chi connectivity index (χ1) is 9.81. The van der Waals surface area contributed by atoms with Crippen LogP contribution in [0.25, 0.3) is 0 Å². The van der Waals surface area contributed by atoms with E-state index in [-0.39, 0.29) is 11.9 Å². The van der Waals surface area contributed by atoms with Gasteiger partial charge in [0, 0.05) is 13.1 Å². The fourth-order valence-electron chi connectivity index (χ4n) is 1.98. The van der Waals surface area contributed by atoms with Crippen molar-refractivity contribution < 1.29 is 4.79 Å². The molecule has 7 heteroatoms. The van der Waals surface area contributed by atoms with Crippen LogP contribution in [0.5, 0.6) is 0 Å². The van der Waals surface area contributed by atoms with Gasteiger partial charge < -0.3 is 4.90 Å². The van der Waals surface area contributed by atoms with Gasteiger partial charge in [0.15, 0.2) is 0 Å². The predicted molar refractivity (Wildman–Crippen MR) is 85.2 cm³/mol. The van der Waals surface area contributed by atoms with Gasteiger partial charge in [-0.1, -0.05) is 39.5 Å². The van der Waals surface area contributed by atoms with Crippen LogP contribution in [0.3, 0.4) is 0 Å². The quantitative estimate of drug-likeness (QED) is 0.690. The molecule has 1 rings (SSSR count). The number of hydrogen-bond donors (Lipinski definition) is 0. The average molecular weight is 313 g/mol. The predicted octanol–water partition coefficient (Wildman–Crippen LogP) is 2.49. The molecule has 0 saturated carbocycles. The van der Waals surface area contributed by atoms with E-state index in [1.165, 1.54) is 11.8 Å². The topological polar surface area (TPSA) is 63.9 Å². The number of rotatable bonds is 8. The van der Waals surface area contributed by atoms with Crippen LogP contribution in [-0.2, 0) is 4.79 Å². The van der Waals surface area contributed by atoms with Crippen LogP contribution < -0.4 is 0 Å². The summed E-state index contributed by atoms with van der Waals surface area (Å²) in [4.78, 5) is 14.4. The molecule has 1 heterocycles. The molecule has 1 aromatic rings. The second-order valence-electron chi connectivity index (χ2n) is 6.37. The van der Waals surface area contributed by atoms with Crippen molar-refractivity contribution in [3.05, 3.63) is 0 Å². The van der Waals surface area contributed by atoms with Crippen LogP contribution >= 0.6 is 11.8 Å². The summed E-state index contributed by atoms with van der Waals surface area (Å²) in [6.07, 6.45) is 0. The molecule has 0 unspecified atom stereocenters. The van der Waals surface area contributed by atoms with Gasteiger partial charge in [-0.2, -0.15) is 0 Å². The summed E-state index contributed by atoms with van der Waals surface area (Å²) in [7, 11) is 0. The van der Waals surface area contributed by atoms with E-state index in [1.807, 2.05) is 18.7 Å². The highest BCUT2D eigenvalue weighted by Gasteiger charge is 2.18. The largest absolute Gasteiger partial charge is 0.341 e. The maximum atomic E-state index is 12.4. The molecule has 1 amide bonds. The van der Waals surface area contributed by atoms with Gasteiger partial charge in [0.1, 0.15) is 0 Å². The van der Waals surface area contributed by atoms with Gasteiger partial charge in [0.05, 0.1) is 11.8 Å². The third kappa shape index (κ3) is 6.03. The van der Waals surface area contributed by atoms with Crippen molar-refractivity contribution in [1.82, 2.24) is 25.1 Å². The monoisotopic (exact) mass is 313 g/mol. The highest BCUT2D eigenvalue weighted by Crippen LogP contribution is 2.18. The number of tetrazole rings is 1. The number of amides is 1. The first-order valence-electron chi connectivity index (χ1n) is 7.49. The van der Waals surface area contributed by atoms with E-state index in [4.69, 9.17) is 0 Å². The first-order valence-corrected chi connectivity index (χ1v) is 8.48. The lowest BCUT2D eigenvalue weighted by molar-refractivity contribution is -0.129. The maximum absolute atomic E-state index is 12.4. The third-order valence-corrected chi connectivity index (χ3v) is 3.72. The zero-order valence-corrected chi connectivity index (χ0v) is 14.7. The van der Waals surface area contributed by atoms with Gasteiger partial charge in [0.25, 0.3) is 0 Å². The highest BCUT2D eigenvalue weighted by molar-refractivity contribution is 7.99. The van der Waals surface area contributed by atoms with E-state index in [0.717, 1.165) is 13.1 Å². The molecule has 0 atom stereocenters. The van der Waals surface area contributed by atoms with E-state index in [1.54, 1.807) is 4.68 Å². The van der Waals surface area contributed by atoms with Crippen LogP contribution in [0.15, 0.2) is 5.16 Å². The lowest BCUT2D eigenvalue weighted by atomic mass is 10.1. The molecule has 1 aromatic heterocycles. The van der Waals surface area contributed by atoms with Crippen molar-refractivity contribution in [2.75, 3.05) is 18.8 Å². The standard InChI is InChI=1S/C14H27N5OS/c1-10(2)7-18(8-11(3)4)13(20)9-21-14-15-16-17-19(14)12(5)6/h10-12H,7-9H2,1-6H3. The van der Waals surface area contributed by atoms with E-state index in [0.29, 0.717) is 22.7 Å². The molecule has 0 spiro atoms. The van der Waals surface area contributed by atoms with Gasteiger partial charge in [-0.15, -0.1) is 5.10 Å². The van der Waals surface area contributed by atoms with E-state index in [2.05, 4.69) is 43.2 Å². The lowest BCUT2D eigenvalue weighted by Gasteiger charge is -2.26. The Bertz CT molecular complexity index is 434. The number of carbonyl (C=O) groups excluding carboxylic acids is 1. The Labute approximate surface area is 131 Å².